The van der Waals surface area contributed by atoms with Gasteiger partial charge in [0, 0.05) is 25.0 Å². The fourth-order valence-corrected chi connectivity index (χ4v) is 1.71. The molecule has 19 heavy (non-hydrogen) atoms. The van der Waals surface area contributed by atoms with E-state index in [0.717, 1.165) is 0 Å². The first-order valence-corrected chi connectivity index (χ1v) is 6.34. The number of carboxylic acids is 1. The van der Waals surface area contributed by atoms with E-state index in [1.807, 2.05) is 0 Å². The second-order valence-electron chi connectivity index (χ2n) is 3.97. The van der Waals surface area contributed by atoms with E-state index in [4.69, 9.17) is 28.3 Å². The number of carboxylic acid groups (broad SMARTS) is 1. The van der Waals surface area contributed by atoms with E-state index in [-0.39, 0.29) is 12.5 Å². The van der Waals surface area contributed by atoms with Gasteiger partial charge in [-0.1, -0.05) is 23.2 Å². The number of carbonyl (C=O) groups is 2. The molecular weight excluding hydrogens is 291 g/mol. The maximum absolute atomic E-state index is 11.8. The molecule has 7 heteroatoms. The summed E-state index contributed by atoms with van der Waals surface area (Å²) in [6.45, 7) is 0.344. The highest BCUT2D eigenvalue weighted by molar-refractivity contribution is 6.35. The number of hydrogen-bond donors (Lipinski definition) is 2. The average molecular weight is 305 g/mol. The summed E-state index contributed by atoms with van der Waals surface area (Å²) < 4.78 is 0. The van der Waals surface area contributed by atoms with Crippen molar-refractivity contribution < 1.29 is 14.7 Å². The van der Waals surface area contributed by atoms with E-state index in [2.05, 4.69) is 5.32 Å². The molecule has 0 saturated heterocycles. The quantitative estimate of drug-likeness (QED) is 0.876. The Kier molecular flexibility index (Phi) is 5.92. The largest absolute Gasteiger partial charge is 0.481 e. The lowest BCUT2D eigenvalue weighted by Gasteiger charge is -2.18. The van der Waals surface area contributed by atoms with Gasteiger partial charge in [0.15, 0.2) is 0 Å². The van der Waals surface area contributed by atoms with Gasteiger partial charge in [0.1, 0.15) is 0 Å². The second-order valence-corrected chi connectivity index (χ2v) is 4.82. The maximum atomic E-state index is 11.8. The molecular formula is C12H14Cl2N2O3. The van der Waals surface area contributed by atoms with Crippen LogP contribution in [0.15, 0.2) is 18.2 Å². The van der Waals surface area contributed by atoms with Crippen molar-refractivity contribution in [2.75, 3.05) is 18.9 Å². The predicted octanol–water partition coefficient (Wildman–Crippen LogP) is 3.32. The lowest BCUT2D eigenvalue weighted by Crippen LogP contribution is -2.32. The third-order valence-corrected chi connectivity index (χ3v) is 2.97. The van der Waals surface area contributed by atoms with Gasteiger partial charge in [-0.25, -0.2) is 4.79 Å². The van der Waals surface area contributed by atoms with Crippen molar-refractivity contribution in [3.63, 3.8) is 0 Å². The van der Waals surface area contributed by atoms with Crippen molar-refractivity contribution in [3.8, 4) is 0 Å². The number of hydrogen-bond acceptors (Lipinski definition) is 2. The number of rotatable bonds is 5. The molecule has 1 rings (SSSR count). The van der Waals surface area contributed by atoms with E-state index in [1.54, 1.807) is 25.2 Å². The van der Waals surface area contributed by atoms with E-state index < -0.39 is 5.97 Å². The van der Waals surface area contributed by atoms with Crippen LogP contribution in [0, 0.1) is 0 Å². The van der Waals surface area contributed by atoms with Crippen molar-refractivity contribution in [1.82, 2.24) is 4.90 Å². The maximum Gasteiger partial charge on any atom is 0.321 e. The Balaban J connectivity index is 2.54. The molecule has 104 valence electrons. The Morgan fingerprint density at radius 1 is 1.37 bits per heavy atom. The van der Waals surface area contributed by atoms with Crippen LogP contribution in [0.4, 0.5) is 10.5 Å². The van der Waals surface area contributed by atoms with Gasteiger partial charge in [-0.05, 0) is 24.6 Å². The predicted molar refractivity (Wildman–Crippen MR) is 75.0 cm³/mol. The van der Waals surface area contributed by atoms with Crippen LogP contribution in [0.25, 0.3) is 0 Å². The van der Waals surface area contributed by atoms with Gasteiger partial charge in [-0.2, -0.15) is 0 Å². The molecule has 0 aliphatic rings. The Hall–Kier alpha value is -1.46. The summed E-state index contributed by atoms with van der Waals surface area (Å²) in [5, 5.41) is 12.0. The number of aliphatic carboxylic acids is 1. The minimum Gasteiger partial charge on any atom is -0.481 e. The zero-order chi connectivity index (χ0) is 14.4. The number of nitrogens with zero attached hydrogens (tertiary/aromatic N) is 1. The monoisotopic (exact) mass is 304 g/mol. The number of amides is 2. The molecule has 2 N–H and O–H groups in total. The number of nitrogens with one attached hydrogen (secondary N) is 1. The molecule has 0 spiro atoms. The minimum atomic E-state index is -0.883. The van der Waals surface area contributed by atoms with Crippen molar-refractivity contribution in [1.29, 1.82) is 0 Å². The lowest BCUT2D eigenvalue weighted by molar-refractivity contribution is -0.137. The third-order valence-electron chi connectivity index (χ3n) is 2.40. The van der Waals surface area contributed by atoms with Crippen LogP contribution in [0.5, 0.6) is 0 Å². The Morgan fingerprint density at radius 2 is 2.05 bits per heavy atom. The SMILES string of the molecule is CN(CCCC(=O)O)C(=O)Nc1cc(Cl)ccc1Cl. The normalized spacial score (nSPS) is 10.1. The topological polar surface area (TPSA) is 69.6 Å². The molecule has 0 atom stereocenters. The average Bonchev–Trinajstić information content (AvgIpc) is 2.33. The van der Waals surface area contributed by atoms with Crippen molar-refractivity contribution >= 4 is 40.9 Å². The Bertz CT molecular complexity index is 480. The van der Waals surface area contributed by atoms with Gasteiger partial charge >= 0.3 is 12.0 Å². The molecule has 0 bridgehead atoms. The van der Waals surface area contributed by atoms with E-state index in [1.165, 1.54) is 4.90 Å². The van der Waals surface area contributed by atoms with Crippen LogP contribution in [0.1, 0.15) is 12.8 Å². The first-order valence-electron chi connectivity index (χ1n) is 5.59. The van der Waals surface area contributed by atoms with Crippen LogP contribution in [-0.2, 0) is 4.79 Å². The van der Waals surface area contributed by atoms with Crippen molar-refractivity contribution in [2.24, 2.45) is 0 Å². The lowest BCUT2D eigenvalue weighted by atomic mass is 10.3. The van der Waals surface area contributed by atoms with Gasteiger partial charge < -0.3 is 15.3 Å². The minimum absolute atomic E-state index is 0.0234. The van der Waals surface area contributed by atoms with E-state index >= 15 is 0 Å². The standard InChI is InChI=1S/C12H14Cl2N2O3/c1-16(6-2-3-11(17)18)12(19)15-10-7-8(13)4-5-9(10)14/h4-5,7H,2-3,6H2,1H3,(H,15,19)(H,17,18). The summed E-state index contributed by atoms with van der Waals surface area (Å²) in [5.41, 5.74) is 0.421. The first kappa shape index (κ1) is 15.6. The summed E-state index contributed by atoms with van der Waals surface area (Å²) in [6, 6.07) is 4.39. The number of carbonyl (C=O) groups excluding carboxylic acids is 1. The summed E-state index contributed by atoms with van der Waals surface area (Å²) in [5.74, 6) is -0.883. The number of benzene rings is 1. The highest BCUT2D eigenvalue weighted by atomic mass is 35.5. The molecule has 0 aliphatic heterocycles. The molecule has 5 nitrogen and oxygen atoms in total. The Labute approximate surface area is 121 Å². The molecule has 0 fully saturated rings. The number of urea groups is 1. The molecule has 0 saturated carbocycles. The molecule has 1 aromatic carbocycles. The smallest absolute Gasteiger partial charge is 0.321 e. The third kappa shape index (κ3) is 5.36. The summed E-state index contributed by atoms with van der Waals surface area (Å²) in [7, 11) is 1.58. The van der Waals surface area contributed by atoms with Gasteiger partial charge in [0.25, 0.3) is 0 Å². The van der Waals surface area contributed by atoms with E-state index in [9.17, 15) is 9.59 Å². The van der Waals surface area contributed by atoms with Crippen LogP contribution in [-0.4, -0.2) is 35.6 Å². The molecule has 0 aliphatic carbocycles. The zero-order valence-corrected chi connectivity index (χ0v) is 11.8. The highest BCUT2D eigenvalue weighted by Gasteiger charge is 2.11. The molecule has 1 aromatic rings. The fraction of sp³-hybridized carbons (Fsp3) is 0.333. The van der Waals surface area contributed by atoms with Crippen LogP contribution in [0.3, 0.4) is 0 Å². The molecule has 0 aromatic heterocycles. The van der Waals surface area contributed by atoms with E-state index in [0.29, 0.717) is 28.7 Å². The highest BCUT2D eigenvalue weighted by Crippen LogP contribution is 2.25. The number of halogens is 2. The Morgan fingerprint density at radius 3 is 2.68 bits per heavy atom. The van der Waals surface area contributed by atoms with Crippen LogP contribution >= 0.6 is 23.2 Å². The van der Waals surface area contributed by atoms with Crippen molar-refractivity contribution in [2.45, 2.75) is 12.8 Å². The molecule has 0 heterocycles. The van der Waals surface area contributed by atoms with Crippen molar-refractivity contribution in [3.05, 3.63) is 28.2 Å². The fourth-order valence-electron chi connectivity index (χ4n) is 1.37. The first-order chi connectivity index (χ1) is 8.90. The molecule has 2 amide bonds. The summed E-state index contributed by atoms with van der Waals surface area (Å²) in [4.78, 5) is 23.6. The van der Waals surface area contributed by atoms with Gasteiger partial charge in [0.2, 0.25) is 0 Å². The molecule has 0 unspecified atom stereocenters. The van der Waals surface area contributed by atoms with Gasteiger partial charge in [-0.3, -0.25) is 4.79 Å². The van der Waals surface area contributed by atoms with Crippen LogP contribution in [0.2, 0.25) is 10.0 Å². The summed E-state index contributed by atoms with van der Waals surface area (Å²) in [6.07, 6.45) is 0.415. The van der Waals surface area contributed by atoms with Crippen LogP contribution < -0.4 is 5.32 Å². The summed E-state index contributed by atoms with van der Waals surface area (Å²) >= 11 is 11.7. The second kappa shape index (κ2) is 7.21. The van der Waals surface area contributed by atoms with Gasteiger partial charge in [-0.15, -0.1) is 0 Å². The van der Waals surface area contributed by atoms with Gasteiger partial charge in [0.05, 0.1) is 10.7 Å². The zero-order valence-electron chi connectivity index (χ0n) is 10.3. The number of anilines is 1. The molecule has 0 radical (unpaired) electrons.